The summed E-state index contributed by atoms with van der Waals surface area (Å²) in [6.07, 6.45) is 0. The van der Waals surface area contributed by atoms with Crippen LogP contribution in [0.3, 0.4) is 0 Å². The molecule has 2 aromatic carbocycles. The molecule has 0 spiro atoms. The first-order valence-electron chi connectivity index (χ1n) is 7.87. The fraction of sp³-hybridized carbons (Fsp3) is 0.0500. The zero-order chi connectivity index (χ0) is 19.2. The third-order valence-corrected chi connectivity index (χ3v) is 3.72. The van der Waals surface area contributed by atoms with Gasteiger partial charge >= 0.3 is 0 Å². The lowest BCUT2D eigenvalue weighted by Gasteiger charge is -2.04. The highest BCUT2D eigenvalue weighted by atomic mass is 16.5. The van der Waals surface area contributed by atoms with Gasteiger partial charge in [-0.25, -0.2) is 0 Å². The third kappa shape index (κ3) is 3.82. The van der Waals surface area contributed by atoms with Crippen molar-refractivity contribution in [2.45, 2.75) is 6.92 Å². The van der Waals surface area contributed by atoms with E-state index in [1.807, 2.05) is 31.2 Å². The fourth-order valence-corrected chi connectivity index (χ4v) is 2.28. The van der Waals surface area contributed by atoms with Crippen molar-refractivity contribution in [2.24, 2.45) is 0 Å². The Kier molecular flexibility index (Phi) is 4.93. The summed E-state index contributed by atoms with van der Waals surface area (Å²) in [6, 6.07) is 19.8. The summed E-state index contributed by atoms with van der Waals surface area (Å²) in [6.45, 7) is 2.00. The first-order valence-corrected chi connectivity index (χ1v) is 7.87. The number of aryl methyl sites for hydroxylation is 1. The second-order valence-corrected chi connectivity index (χ2v) is 5.58. The maximum Gasteiger partial charge on any atom is 0.258 e. The van der Waals surface area contributed by atoms with Crippen LogP contribution in [0.1, 0.15) is 5.56 Å². The molecule has 0 atom stereocenters. The molecule has 0 aliphatic carbocycles. The Hall–Kier alpha value is -4.41. The number of nitriles is 3. The Bertz CT molecular complexity index is 1100. The molecule has 27 heavy (non-hydrogen) atoms. The van der Waals surface area contributed by atoms with E-state index < -0.39 is 0 Å². The van der Waals surface area contributed by atoms with Crippen molar-refractivity contribution >= 4 is 5.69 Å². The van der Waals surface area contributed by atoms with Crippen LogP contribution in [0, 0.1) is 40.9 Å². The number of allylic oxidation sites excluding steroid dienone is 2. The average molecular weight is 352 g/mol. The Labute approximate surface area is 155 Å². The van der Waals surface area contributed by atoms with Crippen molar-refractivity contribution < 1.29 is 4.52 Å². The molecule has 0 bridgehead atoms. The number of nitrogens with zero attached hydrogens (tertiary/aromatic N) is 5. The number of hydrogen-bond acceptors (Lipinski definition) is 7. The smallest absolute Gasteiger partial charge is 0.258 e. The van der Waals surface area contributed by atoms with E-state index in [0.717, 1.165) is 11.1 Å². The van der Waals surface area contributed by atoms with E-state index in [2.05, 4.69) is 15.5 Å². The molecule has 3 rings (SSSR count). The molecule has 7 nitrogen and oxygen atoms in total. The molecular formula is C20H12N6O. The number of hydrogen-bond donors (Lipinski definition) is 1. The van der Waals surface area contributed by atoms with Crippen molar-refractivity contribution in [1.82, 2.24) is 10.1 Å². The molecule has 3 aromatic rings. The van der Waals surface area contributed by atoms with Gasteiger partial charge in [0.05, 0.1) is 0 Å². The SMILES string of the molecule is Cc1ccc(-c2noc(-c3ccc(NC(C#N)=C(C#N)C#N)cc3)n2)cc1. The molecule has 1 N–H and O–H groups in total. The minimum Gasteiger partial charge on any atom is -0.345 e. The molecule has 7 heteroatoms. The molecule has 0 saturated heterocycles. The summed E-state index contributed by atoms with van der Waals surface area (Å²) >= 11 is 0. The van der Waals surface area contributed by atoms with Crippen LogP contribution in [0.5, 0.6) is 0 Å². The minimum atomic E-state index is -0.277. The molecule has 128 valence electrons. The van der Waals surface area contributed by atoms with Gasteiger partial charge < -0.3 is 9.84 Å². The number of aromatic nitrogens is 2. The Morgan fingerprint density at radius 3 is 2.11 bits per heavy atom. The number of anilines is 1. The van der Waals surface area contributed by atoms with E-state index in [0.29, 0.717) is 23.0 Å². The van der Waals surface area contributed by atoms with Crippen molar-refractivity contribution in [3.8, 4) is 41.0 Å². The maximum absolute atomic E-state index is 9.07. The predicted octanol–water partition coefficient (Wildman–Crippen LogP) is 3.95. The summed E-state index contributed by atoms with van der Waals surface area (Å²) in [4.78, 5) is 4.40. The predicted molar refractivity (Wildman–Crippen MR) is 97.4 cm³/mol. The molecule has 1 heterocycles. The minimum absolute atomic E-state index is 0.104. The quantitative estimate of drug-likeness (QED) is 0.705. The summed E-state index contributed by atoms with van der Waals surface area (Å²) in [7, 11) is 0. The van der Waals surface area contributed by atoms with E-state index in [9.17, 15) is 0 Å². The number of rotatable bonds is 4. The van der Waals surface area contributed by atoms with Gasteiger partial charge in [0.25, 0.3) is 5.89 Å². The van der Waals surface area contributed by atoms with Gasteiger partial charge in [-0.15, -0.1) is 0 Å². The summed E-state index contributed by atoms with van der Waals surface area (Å²) in [5.74, 6) is 0.859. The van der Waals surface area contributed by atoms with Crippen molar-refractivity contribution in [2.75, 3.05) is 5.32 Å². The van der Waals surface area contributed by atoms with Crippen molar-refractivity contribution in [1.29, 1.82) is 15.8 Å². The molecule has 1 aromatic heterocycles. The highest BCUT2D eigenvalue weighted by Crippen LogP contribution is 2.24. The molecule has 0 radical (unpaired) electrons. The first kappa shape index (κ1) is 17.4. The molecule has 0 aliphatic rings. The van der Waals surface area contributed by atoms with Gasteiger partial charge in [-0.3, -0.25) is 0 Å². The highest BCUT2D eigenvalue weighted by Gasteiger charge is 2.11. The lowest BCUT2D eigenvalue weighted by molar-refractivity contribution is 0.432. The van der Waals surface area contributed by atoms with Crippen LogP contribution in [0.25, 0.3) is 22.8 Å². The Balaban J connectivity index is 1.82. The number of nitrogens with one attached hydrogen (secondary N) is 1. The maximum atomic E-state index is 9.07. The monoisotopic (exact) mass is 352 g/mol. The van der Waals surface area contributed by atoms with Gasteiger partial charge in [0, 0.05) is 16.8 Å². The molecule has 0 unspecified atom stereocenters. The van der Waals surface area contributed by atoms with Crippen LogP contribution < -0.4 is 5.32 Å². The van der Waals surface area contributed by atoms with E-state index in [-0.39, 0.29) is 11.3 Å². The van der Waals surface area contributed by atoms with Crippen LogP contribution in [0.2, 0.25) is 0 Å². The topological polar surface area (TPSA) is 122 Å². The summed E-state index contributed by atoms with van der Waals surface area (Å²) in [5.41, 5.74) is 2.88. The molecular weight excluding hydrogens is 340 g/mol. The largest absolute Gasteiger partial charge is 0.345 e. The standard InChI is InChI=1S/C20H12N6O/c1-13-2-4-14(5-3-13)19-25-20(27-26-19)15-6-8-17(9-7-15)24-18(12-23)16(10-21)11-22/h2-9,24H,1H3. The van der Waals surface area contributed by atoms with Gasteiger partial charge in [-0.05, 0) is 31.2 Å². The Morgan fingerprint density at radius 1 is 0.889 bits per heavy atom. The average Bonchev–Trinajstić information content (AvgIpc) is 3.19. The van der Waals surface area contributed by atoms with Crippen LogP contribution >= 0.6 is 0 Å². The van der Waals surface area contributed by atoms with Gasteiger partial charge in [-0.2, -0.15) is 20.8 Å². The normalized spacial score (nSPS) is 9.56. The van der Waals surface area contributed by atoms with Gasteiger partial charge in [-0.1, -0.05) is 35.0 Å². The van der Waals surface area contributed by atoms with E-state index in [1.54, 1.807) is 42.5 Å². The first-order chi connectivity index (χ1) is 13.1. The lowest BCUT2D eigenvalue weighted by Crippen LogP contribution is -2.00. The van der Waals surface area contributed by atoms with Crippen molar-refractivity contribution in [3.63, 3.8) is 0 Å². The zero-order valence-corrected chi connectivity index (χ0v) is 14.3. The molecule has 0 saturated carbocycles. The third-order valence-electron chi connectivity index (χ3n) is 3.72. The summed E-state index contributed by atoms with van der Waals surface area (Å²) < 4.78 is 5.32. The lowest BCUT2D eigenvalue weighted by atomic mass is 10.1. The molecule has 0 fully saturated rings. The van der Waals surface area contributed by atoms with Crippen LogP contribution in [-0.2, 0) is 0 Å². The molecule has 0 aliphatic heterocycles. The fourth-order valence-electron chi connectivity index (χ4n) is 2.28. The van der Waals surface area contributed by atoms with E-state index >= 15 is 0 Å². The zero-order valence-electron chi connectivity index (χ0n) is 14.3. The van der Waals surface area contributed by atoms with Gasteiger partial charge in [0.15, 0.2) is 5.57 Å². The van der Waals surface area contributed by atoms with Crippen molar-refractivity contribution in [3.05, 3.63) is 65.4 Å². The van der Waals surface area contributed by atoms with Crippen LogP contribution in [0.4, 0.5) is 5.69 Å². The van der Waals surface area contributed by atoms with E-state index in [1.165, 1.54) is 0 Å². The van der Waals surface area contributed by atoms with Crippen LogP contribution in [-0.4, -0.2) is 10.1 Å². The van der Waals surface area contributed by atoms with Gasteiger partial charge in [0.1, 0.15) is 23.9 Å². The second-order valence-electron chi connectivity index (χ2n) is 5.58. The van der Waals surface area contributed by atoms with Crippen LogP contribution in [0.15, 0.2) is 64.3 Å². The Morgan fingerprint density at radius 2 is 1.52 bits per heavy atom. The number of benzene rings is 2. The highest BCUT2D eigenvalue weighted by molar-refractivity contribution is 5.64. The summed E-state index contributed by atoms with van der Waals surface area (Å²) in [5, 5.41) is 33.5. The second kappa shape index (κ2) is 7.65. The molecule has 0 amide bonds. The van der Waals surface area contributed by atoms with E-state index in [4.69, 9.17) is 20.3 Å². The van der Waals surface area contributed by atoms with Gasteiger partial charge in [0.2, 0.25) is 5.82 Å².